The molecule has 0 aliphatic heterocycles. The summed E-state index contributed by atoms with van der Waals surface area (Å²) in [6.45, 7) is 0.613. The lowest BCUT2D eigenvalue weighted by atomic mass is 10.1. The smallest absolute Gasteiger partial charge is 0.229 e. The van der Waals surface area contributed by atoms with Crippen LogP contribution in [0.5, 0.6) is 0 Å². The Bertz CT molecular complexity index is 891. The molecule has 0 bridgehead atoms. The number of rotatable bonds is 5. The van der Waals surface area contributed by atoms with E-state index in [1.807, 2.05) is 24.3 Å². The number of benzene rings is 2. The minimum Gasteiger partial charge on any atom is -0.351 e. The van der Waals surface area contributed by atoms with Crippen molar-refractivity contribution in [2.45, 2.75) is 25.4 Å². The number of fused-ring (bicyclic) bond motifs is 1. The van der Waals surface area contributed by atoms with Crippen LogP contribution in [0.1, 0.15) is 16.7 Å². The van der Waals surface area contributed by atoms with Crippen molar-refractivity contribution in [1.82, 2.24) is 15.0 Å². The Labute approximate surface area is 165 Å². The SMILES string of the molecule is Clc1nc(NCc2ccc(Br)cc2)nc(NC2Cc3ccccc3C2)n1. The molecule has 2 N–H and O–H groups in total. The molecular formula is C19H17BrClN5. The molecule has 26 heavy (non-hydrogen) atoms. The quantitative estimate of drug-likeness (QED) is 0.625. The molecule has 0 saturated carbocycles. The number of halogens is 2. The first-order valence-electron chi connectivity index (χ1n) is 8.39. The van der Waals surface area contributed by atoms with Crippen molar-refractivity contribution in [3.8, 4) is 0 Å². The Balaban J connectivity index is 1.42. The van der Waals surface area contributed by atoms with Gasteiger partial charge in [0.05, 0.1) is 0 Å². The van der Waals surface area contributed by atoms with E-state index in [2.05, 4.69) is 65.8 Å². The van der Waals surface area contributed by atoms with E-state index < -0.39 is 0 Å². The van der Waals surface area contributed by atoms with Crippen molar-refractivity contribution >= 4 is 39.4 Å². The second-order valence-electron chi connectivity index (χ2n) is 6.25. The molecule has 1 heterocycles. The van der Waals surface area contributed by atoms with Crippen molar-refractivity contribution in [2.75, 3.05) is 10.6 Å². The molecule has 1 aromatic heterocycles. The third-order valence-electron chi connectivity index (χ3n) is 4.36. The van der Waals surface area contributed by atoms with Gasteiger partial charge in [-0.25, -0.2) is 0 Å². The molecule has 1 aliphatic carbocycles. The van der Waals surface area contributed by atoms with Crippen molar-refractivity contribution < 1.29 is 0 Å². The van der Waals surface area contributed by atoms with E-state index in [9.17, 15) is 0 Å². The maximum atomic E-state index is 6.08. The Morgan fingerprint density at radius 2 is 1.58 bits per heavy atom. The second kappa shape index (κ2) is 7.60. The lowest BCUT2D eigenvalue weighted by Gasteiger charge is -2.13. The van der Waals surface area contributed by atoms with Crippen LogP contribution in [0.4, 0.5) is 11.9 Å². The largest absolute Gasteiger partial charge is 0.351 e. The van der Waals surface area contributed by atoms with Crippen molar-refractivity contribution in [3.63, 3.8) is 0 Å². The van der Waals surface area contributed by atoms with Crippen LogP contribution in [0.3, 0.4) is 0 Å². The van der Waals surface area contributed by atoms with Gasteiger partial charge >= 0.3 is 0 Å². The Morgan fingerprint density at radius 1 is 0.923 bits per heavy atom. The minimum atomic E-state index is 0.177. The van der Waals surface area contributed by atoms with E-state index in [1.54, 1.807) is 0 Å². The van der Waals surface area contributed by atoms with Crippen LogP contribution < -0.4 is 10.6 Å². The molecule has 0 saturated heterocycles. The second-order valence-corrected chi connectivity index (χ2v) is 7.50. The predicted octanol–water partition coefficient (Wildman–Crippen LogP) is 4.48. The first-order valence-corrected chi connectivity index (χ1v) is 9.56. The van der Waals surface area contributed by atoms with Gasteiger partial charge in [-0.2, -0.15) is 15.0 Å². The number of nitrogens with one attached hydrogen (secondary N) is 2. The summed E-state index contributed by atoms with van der Waals surface area (Å²) in [5.74, 6) is 0.965. The summed E-state index contributed by atoms with van der Waals surface area (Å²) >= 11 is 9.51. The summed E-state index contributed by atoms with van der Waals surface area (Å²) in [7, 11) is 0. The molecule has 0 atom stereocenters. The Hall–Kier alpha value is -2.18. The summed E-state index contributed by atoms with van der Waals surface area (Å²) in [4.78, 5) is 12.8. The zero-order chi connectivity index (χ0) is 17.9. The number of aromatic nitrogens is 3. The third-order valence-corrected chi connectivity index (χ3v) is 5.05. The average molecular weight is 431 g/mol. The van der Waals surface area contributed by atoms with Crippen molar-refractivity contribution in [2.24, 2.45) is 0 Å². The topological polar surface area (TPSA) is 62.7 Å². The Kier molecular flexibility index (Phi) is 5.04. The highest BCUT2D eigenvalue weighted by Crippen LogP contribution is 2.24. The van der Waals surface area contributed by atoms with Gasteiger partial charge in [-0.1, -0.05) is 52.3 Å². The average Bonchev–Trinajstić information content (AvgIpc) is 3.03. The maximum Gasteiger partial charge on any atom is 0.229 e. The molecule has 0 amide bonds. The highest BCUT2D eigenvalue weighted by molar-refractivity contribution is 9.10. The van der Waals surface area contributed by atoms with Crippen LogP contribution in [-0.2, 0) is 19.4 Å². The number of nitrogens with zero attached hydrogens (tertiary/aromatic N) is 3. The van der Waals surface area contributed by atoms with Gasteiger partial charge < -0.3 is 10.6 Å². The van der Waals surface area contributed by atoms with Crippen LogP contribution in [-0.4, -0.2) is 21.0 Å². The fourth-order valence-electron chi connectivity index (χ4n) is 3.12. The summed E-state index contributed by atoms with van der Waals surface area (Å²) in [6.07, 6.45) is 1.92. The predicted molar refractivity (Wildman–Crippen MR) is 108 cm³/mol. The standard InChI is InChI=1S/C19H17BrClN5/c20-15-7-5-12(6-8-15)11-22-18-24-17(21)25-19(26-18)23-16-9-13-3-1-2-4-14(13)10-16/h1-8,16H,9-11H2,(H2,22,23,24,25,26). The molecule has 0 spiro atoms. The van der Waals surface area contributed by atoms with E-state index in [0.717, 1.165) is 22.9 Å². The number of hydrogen-bond acceptors (Lipinski definition) is 5. The molecular weight excluding hydrogens is 414 g/mol. The van der Waals surface area contributed by atoms with Crippen LogP contribution in [0.2, 0.25) is 5.28 Å². The fraction of sp³-hybridized carbons (Fsp3) is 0.211. The summed E-state index contributed by atoms with van der Waals surface area (Å²) in [5, 5.41) is 6.76. The first kappa shape index (κ1) is 17.2. The van der Waals surface area contributed by atoms with Crippen molar-refractivity contribution in [1.29, 1.82) is 0 Å². The van der Waals surface area contributed by atoms with Gasteiger partial charge in [0.15, 0.2) is 0 Å². The fourth-order valence-corrected chi connectivity index (χ4v) is 3.55. The molecule has 5 nitrogen and oxygen atoms in total. The van der Waals surface area contributed by atoms with Crippen LogP contribution >= 0.6 is 27.5 Å². The van der Waals surface area contributed by atoms with Gasteiger partial charge in [-0.3, -0.25) is 0 Å². The van der Waals surface area contributed by atoms with Gasteiger partial charge in [0.1, 0.15) is 0 Å². The summed E-state index contributed by atoms with van der Waals surface area (Å²) in [6, 6.07) is 16.8. The maximum absolute atomic E-state index is 6.08. The highest BCUT2D eigenvalue weighted by Gasteiger charge is 2.21. The lowest BCUT2D eigenvalue weighted by molar-refractivity contribution is 0.759. The Morgan fingerprint density at radius 3 is 2.27 bits per heavy atom. The molecule has 7 heteroatoms. The van der Waals surface area contributed by atoms with Gasteiger partial charge in [-0.15, -0.1) is 0 Å². The molecule has 2 aromatic carbocycles. The third kappa shape index (κ3) is 4.14. The number of anilines is 2. The van der Waals surface area contributed by atoms with Gasteiger partial charge in [0.25, 0.3) is 0 Å². The molecule has 1 aliphatic rings. The summed E-state index contributed by atoms with van der Waals surface area (Å²) in [5.41, 5.74) is 3.88. The lowest BCUT2D eigenvalue weighted by Crippen LogP contribution is -2.21. The zero-order valence-corrected chi connectivity index (χ0v) is 16.3. The monoisotopic (exact) mass is 429 g/mol. The normalized spacial score (nSPS) is 13.5. The van der Waals surface area contributed by atoms with Crippen LogP contribution in [0.15, 0.2) is 53.0 Å². The highest BCUT2D eigenvalue weighted by atomic mass is 79.9. The van der Waals surface area contributed by atoms with E-state index in [4.69, 9.17) is 11.6 Å². The number of hydrogen-bond donors (Lipinski definition) is 2. The molecule has 0 unspecified atom stereocenters. The van der Waals surface area contributed by atoms with E-state index in [1.165, 1.54) is 11.1 Å². The zero-order valence-electron chi connectivity index (χ0n) is 13.9. The first-order chi connectivity index (χ1) is 12.7. The molecule has 4 rings (SSSR count). The van der Waals surface area contributed by atoms with Crippen molar-refractivity contribution in [3.05, 3.63) is 75.0 Å². The van der Waals surface area contributed by atoms with Gasteiger partial charge in [0.2, 0.25) is 17.2 Å². The van der Waals surface area contributed by atoms with E-state index in [0.29, 0.717) is 18.4 Å². The van der Waals surface area contributed by atoms with E-state index in [-0.39, 0.29) is 11.3 Å². The minimum absolute atomic E-state index is 0.177. The molecule has 132 valence electrons. The summed E-state index contributed by atoms with van der Waals surface area (Å²) < 4.78 is 1.05. The van der Waals surface area contributed by atoms with Gasteiger partial charge in [0, 0.05) is 17.1 Å². The van der Waals surface area contributed by atoms with E-state index >= 15 is 0 Å². The molecule has 0 fully saturated rings. The molecule has 3 aromatic rings. The van der Waals surface area contributed by atoms with Crippen LogP contribution in [0.25, 0.3) is 0 Å². The molecule has 0 radical (unpaired) electrons. The van der Waals surface area contributed by atoms with Crippen LogP contribution in [0, 0.1) is 0 Å². The van der Waals surface area contributed by atoms with Gasteiger partial charge in [-0.05, 0) is 53.3 Å².